The number of rotatable bonds is 7. The van der Waals surface area contributed by atoms with Crippen LogP contribution in [0.3, 0.4) is 0 Å². The van der Waals surface area contributed by atoms with Crippen molar-refractivity contribution in [2.24, 2.45) is 11.7 Å². The number of hydrogen-bond donors (Lipinski definition) is 2. The van der Waals surface area contributed by atoms with E-state index in [2.05, 4.69) is 31.3 Å². The lowest BCUT2D eigenvalue weighted by molar-refractivity contribution is 0.339. The summed E-state index contributed by atoms with van der Waals surface area (Å²) in [7, 11) is 0. The lowest BCUT2D eigenvalue weighted by atomic mass is 10.1. The quantitative estimate of drug-likeness (QED) is 0.764. The van der Waals surface area contributed by atoms with Gasteiger partial charge in [0, 0.05) is 12.6 Å². The average molecular weight is 236 g/mol. The van der Waals surface area contributed by atoms with E-state index in [1.165, 1.54) is 5.56 Å². The van der Waals surface area contributed by atoms with Gasteiger partial charge in [-0.3, -0.25) is 0 Å². The van der Waals surface area contributed by atoms with Crippen LogP contribution >= 0.6 is 0 Å². The Balaban J connectivity index is 2.69. The third-order valence-electron chi connectivity index (χ3n) is 2.58. The number of nitrogens with two attached hydrogens (primary N) is 1. The van der Waals surface area contributed by atoms with E-state index in [-0.39, 0.29) is 6.04 Å². The summed E-state index contributed by atoms with van der Waals surface area (Å²) >= 11 is 0. The van der Waals surface area contributed by atoms with Crippen molar-refractivity contribution < 1.29 is 4.74 Å². The molecule has 1 aromatic carbocycles. The van der Waals surface area contributed by atoms with E-state index in [9.17, 15) is 0 Å². The van der Waals surface area contributed by atoms with Gasteiger partial charge in [-0.1, -0.05) is 26.0 Å². The third-order valence-corrected chi connectivity index (χ3v) is 2.58. The fraction of sp³-hybridized carbons (Fsp3) is 0.571. The van der Waals surface area contributed by atoms with E-state index in [0.29, 0.717) is 19.1 Å². The Hall–Kier alpha value is -1.06. The zero-order chi connectivity index (χ0) is 12.7. The molecule has 3 N–H and O–H groups in total. The molecule has 0 radical (unpaired) electrons. The van der Waals surface area contributed by atoms with Crippen molar-refractivity contribution in [2.45, 2.75) is 26.8 Å². The van der Waals surface area contributed by atoms with Gasteiger partial charge in [0.25, 0.3) is 0 Å². The highest BCUT2D eigenvalue weighted by molar-refractivity contribution is 5.30. The van der Waals surface area contributed by atoms with Gasteiger partial charge in [0.1, 0.15) is 5.75 Å². The average Bonchev–Trinajstić information content (AvgIpc) is 2.30. The van der Waals surface area contributed by atoms with Crippen molar-refractivity contribution >= 4 is 0 Å². The van der Waals surface area contributed by atoms with Gasteiger partial charge in [0.05, 0.1) is 6.61 Å². The molecule has 0 fully saturated rings. The molecule has 3 nitrogen and oxygen atoms in total. The van der Waals surface area contributed by atoms with Gasteiger partial charge in [0.2, 0.25) is 0 Å². The predicted octanol–water partition coefficient (Wildman–Crippen LogP) is 2.33. The van der Waals surface area contributed by atoms with Crippen LogP contribution in [0.1, 0.15) is 32.4 Å². The second kappa shape index (κ2) is 7.30. The summed E-state index contributed by atoms with van der Waals surface area (Å²) in [6.45, 7) is 8.64. The lowest BCUT2D eigenvalue weighted by Gasteiger charge is -2.19. The summed E-state index contributed by atoms with van der Waals surface area (Å²) < 4.78 is 5.50. The molecule has 0 heterocycles. The van der Waals surface area contributed by atoms with Crippen LogP contribution < -0.4 is 15.8 Å². The first-order valence-corrected chi connectivity index (χ1v) is 6.33. The Bertz CT molecular complexity index is 326. The van der Waals surface area contributed by atoms with Crippen LogP contribution in [0.5, 0.6) is 5.75 Å². The van der Waals surface area contributed by atoms with Gasteiger partial charge in [0.15, 0.2) is 0 Å². The van der Waals surface area contributed by atoms with Crippen LogP contribution in [-0.4, -0.2) is 19.7 Å². The van der Waals surface area contributed by atoms with Crippen molar-refractivity contribution in [3.63, 3.8) is 0 Å². The molecule has 0 aliphatic rings. The van der Waals surface area contributed by atoms with Gasteiger partial charge in [-0.25, -0.2) is 0 Å². The minimum atomic E-state index is 0.206. The van der Waals surface area contributed by atoms with Gasteiger partial charge < -0.3 is 15.8 Å². The largest absolute Gasteiger partial charge is 0.494 e. The molecule has 0 aliphatic carbocycles. The van der Waals surface area contributed by atoms with Crippen LogP contribution in [0, 0.1) is 5.92 Å². The van der Waals surface area contributed by atoms with Crippen LogP contribution in [0.4, 0.5) is 0 Å². The second-order valence-electron chi connectivity index (χ2n) is 4.60. The highest BCUT2D eigenvalue weighted by Crippen LogP contribution is 2.19. The van der Waals surface area contributed by atoms with Gasteiger partial charge in [-0.15, -0.1) is 0 Å². The fourth-order valence-electron chi connectivity index (χ4n) is 1.70. The maximum Gasteiger partial charge on any atom is 0.119 e. The number of hydrogen-bond acceptors (Lipinski definition) is 3. The van der Waals surface area contributed by atoms with Crippen molar-refractivity contribution in [2.75, 3.05) is 19.7 Å². The number of benzene rings is 1. The summed E-state index contributed by atoms with van der Waals surface area (Å²) in [5.74, 6) is 1.54. The Morgan fingerprint density at radius 1 is 1.35 bits per heavy atom. The van der Waals surface area contributed by atoms with Crippen molar-refractivity contribution in [3.05, 3.63) is 29.8 Å². The van der Waals surface area contributed by atoms with Crippen molar-refractivity contribution in [1.82, 2.24) is 5.32 Å². The molecule has 1 unspecified atom stereocenters. The van der Waals surface area contributed by atoms with Crippen molar-refractivity contribution in [3.8, 4) is 5.75 Å². The highest BCUT2D eigenvalue weighted by atomic mass is 16.5. The molecule has 0 amide bonds. The lowest BCUT2D eigenvalue weighted by Crippen LogP contribution is -2.30. The SMILES string of the molecule is CCOc1cccc(C(CN)NCC(C)C)c1. The van der Waals surface area contributed by atoms with Crippen LogP contribution in [0.2, 0.25) is 0 Å². The summed E-state index contributed by atoms with van der Waals surface area (Å²) in [4.78, 5) is 0. The molecule has 0 saturated carbocycles. The molecule has 1 atom stereocenters. The molecule has 0 saturated heterocycles. The van der Waals surface area contributed by atoms with E-state index >= 15 is 0 Å². The molecule has 17 heavy (non-hydrogen) atoms. The summed E-state index contributed by atoms with van der Waals surface area (Å²) in [6.07, 6.45) is 0. The topological polar surface area (TPSA) is 47.3 Å². The first-order valence-electron chi connectivity index (χ1n) is 6.33. The summed E-state index contributed by atoms with van der Waals surface area (Å²) in [5, 5.41) is 3.47. The Labute approximate surface area is 104 Å². The molecule has 3 heteroatoms. The van der Waals surface area contributed by atoms with E-state index in [4.69, 9.17) is 10.5 Å². The summed E-state index contributed by atoms with van der Waals surface area (Å²) in [6, 6.07) is 8.35. The van der Waals surface area contributed by atoms with Crippen molar-refractivity contribution in [1.29, 1.82) is 0 Å². The molecule has 0 spiro atoms. The minimum absolute atomic E-state index is 0.206. The molecule has 0 aliphatic heterocycles. The normalized spacial score (nSPS) is 12.8. The molecule has 1 rings (SSSR count). The van der Waals surface area contributed by atoms with E-state index in [0.717, 1.165) is 12.3 Å². The first-order chi connectivity index (χ1) is 8.17. The van der Waals surface area contributed by atoms with Crippen LogP contribution in [0.25, 0.3) is 0 Å². The zero-order valence-electron chi connectivity index (χ0n) is 11.1. The monoisotopic (exact) mass is 236 g/mol. The smallest absolute Gasteiger partial charge is 0.119 e. The Morgan fingerprint density at radius 3 is 2.71 bits per heavy atom. The number of ether oxygens (including phenoxy) is 1. The van der Waals surface area contributed by atoms with E-state index < -0.39 is 0 Å². The molecule has 0 bridgehead atoms. The first kappa shape index (κ1) is 14.0. The standard InChI is InChI=1S/C14H24N2O/c1-4-17-13-7-5-6-12(8-13)14(9-15)16-10-11(2)3/h5-8,11,14,16H,4,9-10,15H2,1-3H3. The minimum Gasteiger partial charge on any atom is -0.494 e. The van der Waals surface area contributed by atoms with Crippen LogP contribution in [-0.2, 0) is 0 Å². The summed E-state index contributed by atoms with van der Waals surface area (Å²) in [5.41, 5.74) is 7.01. The van der Waals surface area contributed by atoms with Gasteiger partial charge in [-0.2, -0.15) is 0 Å². The van der Waals surface area contributed by atoms with E-state index in [1.807, 2.05) is 19.1 Å². The van der Waals surface area contributed by atoms with Gasteiger partial charge in [-0.05, 0) is 37.1 Å². The van der Waals surface area contributed by atoms with E-state index in [1.54, 1.807) is 0 Å². The Morgan fingerprint density at radius 2 is 2.12 bits per heavy atom. The third kappa shape index (κ3) is 4.75. The Kier molecular flexibility index (Phi) is 6.01. The molecule has 96 valence electrons. The maximum atomic E-state index is 5.81. The molecule has 1 aromatic rings. The van der Waals surface area contributed by atoms with Gasteiger partial charge >= 0.3 is 0 Å². The molecular weight excluding hydrogens is 212 g/mol. The highest BCUT2D eigenvalue weighted by Gasteiger charge is 2.10. The number of nitrogens with one attached hydrogen (secondary N) is 1. The zero-order valence-corrected chi connectivity index (χ0v) is 11.1. The maximum absolute atomic E-state index is 5.81. The second-order valence-corrected chi connectivity index (χ2v) is 4.60. The van der Waals surface area contributed by atoms with Crippen LogP contribution in [0.15, 0.2) is 24.3 Å². The molecular formula is C14H24N2O. The predicted molar refractivity (Wildman–Crippen MR) is 72.2 cm³/mol. The fourth-order valence-corrected chi connectivity index (χ4v) is 1.70. The molecule has 0 aromatic heterocycles.